The van der Waals surface area contributed by atoms with Crippen LogP contribution in [0, 0.1) is 0 Å². The monoisotopic (exact) mass is 870 g/mol. The van der Waals surface area contributed by atoms with Crippen molar-refractivity contribution in [3.8, 4) is 56.4 Å². The highest BCUT2D eigenvalue weighted by atomic mass is 16.6. The van der Waals surface area contributed by atoms with Gasteiger partial charge in [-0.3, -0.25) is 0 Å². The lowest BCUT2D eigenvalue weighted by molar-refractivity contribution is 0.360. The zero-order chi connectivity index (χ0) is 45.0. The van der Waals surface area contributed by atoms with Crippen molar-refractivity contribution in [2.45, 2.75) is 31.6 Å². The average Bonchev–Trinajstić information content (AvgIpc) is 3.67. The molecule has 0 unspecified atom stereocenters. The lowest BCUT2D eigenvalue weighted by Gasteiger charge is -2.52. The Bertz CT molecular complexity index is 3790. The second-order valence-electron chi connectivity index (χ2n) is 19.9. The molecule has 0 amide bonds. The van der Waals surface area contributed by atoms with Gasteiger partial charge in [0.25, 0.3) is 0 Å². The maximum absolute atomic E-state index is 6.87. The van der Waals surface area contributed by atoms with Gasteiger partial charge in [0.05, 0.1) is 11.1 Å². The summed E-state index contributed by atoms with van der Waals surface area (Å²) in [6.07, 6.45) is 0. The van der Waals surface area contributed by atoms with Crippen LogP contribution in [0.4, 0.5) is 28.4 Å². The van der Waals surface area contributed by atoms with Crippen LogP contribution in [0.15, 0.2) is 206 Å². The third kappa shape index (κ3) is 4.85. The molecule has 0 bridgehead atoms. The van der Waals surface area contributed by atoms with Crippen LogP contribution in [0.3, 0.4) is 0 Å². The predicted octanol–water partition coefficient (Wildman–Crippen LogP) is 15.1. The molecule has 0 atom stereocenters. The number of nitrogens with zero attached hydrogens (tertiary/aromatic N) is 2. The Labute approximate surface area is 396 Å². The molecule has 4 aliphatic heterocycles. The Hall–Kier alpha value is -8.28. The molecule has 0 N–H and O–H groups in total. The van der Waals surface area contributed by atoms with Crippen LogP contribution >= 0.6 is 0 Å². The number of hydrogen-bond acceptors (Lipinski definition) is 4. The molecule has 0 saturated heterocycles. The highest BCUT2D eigenvalue weighted by molar-refractivity contribution is 6.94. The summed E-state index contributed by atoms with van der Waals surface area (Å²) in [5.74, 6) is 2.82. The van der Waals surface area contributed by atoms with Crippen LogP contribution in [0.5, 0.6) is 23.0 Å². The fraction of sp³-hybridized carbons (Fsp3) is 0.0794. The second kappa shape index (κ2) is 13.4. The summed E-state index contributed by atoms with van der Waals surface area (Å²) < 4.78 is 13.7. The highest BCUT2D eigenvalue weighted by Gasteiger charge is 2.56. The van der Waals surface area contributed by atoms with Gasteiger partial charge in [-0.25, -0.2) is 0 Å². The van der Waals surface area contributed by atoms with E-state index in [0.717, 1.165) is 22.5 Å². The Morgan fingerprint density at radius 2 is 1.06 bits per heavy atom. The van der Waals surface area contributed by atoms with E-state index in [2.05, 4.69) is 212 Å². The normalized spacial score (nSPS) is 14.7. The number of hydrogen-bond donors (Lipinski definition) is 0. The summed E-state index contributed by atoms with van der Waals surface area (Å²) >= 11 is 0. The third-order valence-electron chi connectivity index (χ3n) is 15.4. The van der Waals surface area contributed by atoms with Crippen molar-refractivity contribution in [2.75, 3.05) is 9.71 Å². The van der Waals surface area contributed by atoms with Gasteiger partial charge in [0.2, 0.25) is 0 Å². The van der Waals surface area contributed by atoms with Crippen LogP contribution in [-0.2, 0) is 10.8 Å². The number of fused-ring (bicyclic) bond motifs is 17. The fourth-order valence-electron chi connectivity index (χ4n) is 12.6. The van der Waals surface area contributed by atoms with Gasteiger partial charge in [-0.1, -0.05) is 178 Å². The Balaban J connectivity index is 1.10. The van der Waals surface area contributed by atoms with Crippen molar-refractivity contribution in [3.05, 3.63) is 234 Å². The van der Waals surface area contributed by atoms with Gasteiger partial charge in [0.1, 0.15) is 0 Å². The first-order valence-electron chi connectivity index (χ1n) is 23.8. The molecule has 15 rings (SSSR count). The van der Waals surface area contributed by atoms with Crippen molar-refractivity contribution < 1.29 is 9.47 Å². The molecule has 1 aliphatic carbocycles. The molecule has 5 aliphatic rings. The van der Waals surface area contributed by atoms with Gasteiger partial charge in [-0.15, -0.1) is 0 Å². The lowest BCUT2D eigenvalue weighted by Crippen LogP contribution is -2.63. The summed E-state index contributed by atoms with van der Waals surface area (Å²) in [6, 6.07) is 76.5. The quantitative estimate of drug-likeness (QED) is 0.162. The van der Waals surface area contributed by atoms with Crippen molar-refractivity contribution in [3.63, 3.8) is 0 Å². The fourth-order valence-corrected chi connectivity index (χ4v) is 12.6. The SMILES string of the molecule is CC(C)(C)c1ccc(N2c3cc4c(cc3B3c5c2cc2ccccc2c5-c2cccc5c2N3c2ccccc2C52c3ccccc3-c3ccccc32)Oc2ccccc2O4)c(-c2ccccc2)c1. The first-order valence-corrected chi connectivity index (χ1v) is 23.8. The minimum Gasteiger partial charge on any atom is -0.450 e. The van der Waals surface area contributed by atoms with E-state index in [0.29, 0.717) is 23.0 Å². The topological polar surface area (TPSA) is 24.9 Å². The number of rotatable bonds is 2. The molecular weight excluding hydrogens is 828 g/mol. The van der Waals surface area contributed by atoms with Crippen LogP contribution in [-0.4, -0.2) is 6.85 Å². The summed E-state index contributed by atoms with van der Waals surface area (Å²) in [4.78, 5) is 5.22. The summed E-state index contributed by atoms with van der Waals surface area (Å²) in [6.45, 7) is 6.66. The minimum atomic E-state index is -0.546. The molecule has 0 aromatic heterocycles. The molecule has 1 spiro atoms. The summed E-state index contributed by atoms with van der Waals surface area (Å²) in [7, 11) is 0. The van der Waals surface area contributed by atoms with Gasteiger partial charge in [-0.2, -0.15) is 0 Å². The number of anilines is 5. The molecule has 320 valence electrons. The number of para-hydroxylation sites is 4. The van der Waals surface area contributed by atoms with Crippen LogP contribution < -0.4 is 30.1 Å². The van der Waals surface area contributed by atoms with Crippen LogP contribution in [0.25, 0.3) is 44.2 Å². The van der Waals surface area contributed by atoms with Gasteiger partial charge in [-0.05, 0) is 120 Å². The van der Waals surface area contributed by atoms with Crippen molar-refractivity contribution in [1.82, 2.24) is 0 Å². The maximum atomic E-state index is 6.87. The molecular formula is C63H43BN2O2. The van der Waals surface area contributed by atoms with Crippen molar-refractivity contribution >= 4 is 57.0 Å². The average molecular weight is 871 g/mol. The van der Waals surface area contributed by atoms with E-state index in [4.69, 9.17) is 9.47 Å². The van der Waals surface area contributed by atoms with E-state index >= 15 is 0 Å². The highest BCUT2D eigenvalue weighted by Crippen LogP contribution is 2.65. The van der Waals surface area contributed by atoms with E-state index in [1.807, 2.05) is 24.3 Å². The molecule has 0 fully saturated rings. The first-order chi connectivity index (χ1) is 33.4. The van der Waals surface area contributed by atoms with Crippen molar-refractivity contribution in [1.29, 1.82) is 0 Å². The molecule has 0 saturated carbocycles. The molecule has 10 aromatic carbocycles. The Morgan fingerprint density at radius 1 is 0.441 bits per heavy atom. The van der Waals surface area contributed by atoms with E-state index in [-0.39, 0.29) is 12.3 Å². The zero-order valence-electron chi connectivity index (χ0n) is 37.9. The smallest absolute Gasteiger partial charge is 0.333 e. The minimum absolute atomic E-state index is 0.0620. The molecule has 10 aromatic rings. The largest absolute Gasteiger partial charge is 0.450 e. The van der Waals surface area contributed by atoms with Gasteiger partial charge < -0.3 is 19.2 Å². The van der Waals surface area contributed by atoms with Gasteiger partial charge in [0, 0.05) is 39.9 Å². The Morgan fingerprint density at radius 3 is 1.81 bits per heavy atom. The standard InChI is InChI=1S/C63H43BN2O2/c1-62(2,3)40-32-33-51(45(35-40)38-18-5-4-6-19-38)65-53-37-58-57(67-55-30-15-16-31-56(55)68-58)36-50(53)64-60-54(65)34-39-20-7-8-21-41(39)59(60)44-24-17-28-49-61(44)66(64)52-29-14-13-27-48(52)63(49)46-25-11-9-22-42(46)43-23-10-12-26-47(43)63/h4-37H,1-3H3. The molecule has 5 heteroatoms. The summed E-state index contributed by atoms with van der Waals surface area (Å²) in [5.41, 5.74) is 21.5. The molecule has 68 heavy (non-hydrogen) atoms. The maximum Gasteiger partial charge on any atom is 0.333 e. The Kier molecular flexibility index (Phi) is 7.48. The van der Waals surface area contributed by atoms with Crippen LogP contribution in [0.1, 0.15) is 48.6 Å². The third-order valence-corrected chi connectivity index (χ3v) is 15.4. The predicted molar refractivity (Wildman–Crippen MR) is 279 cm³/mol. The zero-order valence-corrected chi connectivity index (χ0v) is 37.9. The van der Waals surface area contributed by atoms with E-state index in [1.165, 1.54) is 88.8 Å². The van der Waals surface area contributed by atoms with E-state index < -0.39 is 5.41 Å². The lowest BCUT2D eigenvalue weighted by atomic mass is 9.42. The molecule has 4 nitrogen and oxygen atoms in total. The first kappa shape index (κ1) is 37.9. The van der Waals surface area contributed by atoms with Crippen LogP contribution in [0.2, 0.25) is 0 Å². The number of benzene rings is 10. The number of ether oxygens (including phenoxy) is 2. The van der Waals surface area contributed by atoms with E-state index in [9.17, 15) is 0 Å². The van der Waals surface area contributed by atoms with E-state index in [1.54, 1.807) is 0 Å². The molecule has 4 heterocycles. The van der Waals surface area contributed by atoms with Gasteiger partial charge >= 0.3 is 6.85 Å². The van der Waals surface area contributed by atoms with Gasteiger partial charge in [0.15, 0.2) is 23.0 Å². The summed E-state index contributed by atoms with van der Waals surface area (Å²) in [5, 5.41) is 2.44. The van der Waals surface area contributed by atoms with Crippen molar-refractivity contribution in [2.24, 2.45) is 0 Å². The second-order valence-corrected chi connectivity index (χ2v) is 19.9. The molecule has 0 radical (unpaired) electrons.